The molecule has 4 rings (SSSR count). The number of hydrogen-bond acceptors (Lipinski definition) is 2. The highest BCUT2D eigenvalue weighted by atomic mass is 16.5. The van der Waals surface area contributed by atoms with Gasteiger partial charge in [-0.15, -0.1) is 0 Å². The Kier molecular flexibility index (Phi) is 2.44. The molecule has 102 valence electrons. The van der Waals surface area contributed by atoms with Crippen LogP contribution in [0.5, 0.6) is 0 Å². The Labute approximate surface area is 110 Å². The van der Waals surface area contributed by atoms with Crippen molar-refractivity contribution in [3.05, 3.63) is 0 Å². The summed E-state index contributed by atoms with van der Waals surface area (Å²) in [6.07, 6.45) is 7.22. The highest BCUT2D eigenvalue weighted by Crippen LogP contribution is 2.69. The molecule has 0 aromatic heterocycles. The van der Waals surface area contributed by atoms with E-state index in [0.717, 1.165) is 25.2 Å². The lowest BCUT2D eigenvalue weighted by molar-refractivity contribution is -0.194. The van der Waals surface area contributed by atoms with Gasteiger partial charge in [-0.3, -0.25) is 4.79 Å². The predicted molar refractivity (Wildman–Crippen MR) is 71.1 cm³/mol. The van der Waals surface area contributed by atoms with Crippen molar-refractivity contribution in [2.75, 3.05) is 0 Å². The lowest BCUT2D eigenvalue weighted by atomic mass is 9.40. The maximum Gasteiger partial charge on any atom is 0.312 e. The summed E-state index contributed by atoms with van der Waals surface area (Å²) < 4.78 is 5.59. The van der Waals surface area contributed by atoms with Gasteiger partial charge in [-0.2, -0.15) is 0 Å². The molecule has 18 heavy (non-hydrogen) atoms. The monoisotopic (exact) mass is 250 g/mol. The Morgan fingerprint density at radius 2 is 1.61 bits per heavy atom. The van der Waals surface area contributed by atoms with Gasteiger partial charge >= 0.3 is 5.97 Å². The minimum Gasteiger partial charge on any atom is -0.463 e. The normalized spacial score (nSPS) is 49.7. The molecule has 4 aliphatic rings. The second-order valence-electron chi connectivity index (χ2n) is 8.36. The van der Waals surface area contributed by atoms with Crippen LogP contribution in [-0.4, -0.2) is 12.1 Å². The van der Waals surface area contributed by atoms with Crippen molar-refractivity contribution in [2.24, 2.45) is 22.2 Å². The molecule has 0 saturated heterocycles. The summed E-state index contributed by atoms with van der Waals surface area (Å²) in [5, 5.41) is 0. The minimum atomic E-state index is -0.146. The SMILES string of the molecule is CC(C)OC(=O)C12CC3C[C@](C)(C1)C[C@](C)(C3)C2. The van der Waals surface area contributed by atoms with Crippen LogP contribution in [-0.2, 0) is 9.53 Å². The first-order chi connectivity index (χ1) is 8.24. The second-order valence-corrected chi connectivity index (χ2v) is 8.36. The van der Waals surface area contributed by atoms with Crippen molar-refractivity contribution in [1.82, 2.24) is 0 Å². The fraction of sp³-hybridized carbons (Fsp3) is 0.938. The molecule has 0 unspecified atom stereocenters. The van der Waals surface area contributed by atoms with Gasteiger partial charge in [0.15, 0.2) is 0 Å². The van der Waals surface area contributed by atoms with E-state index in [0.29, 0.717) is 10.8 Å². The highest BCUT2D eigenvalue weighted by Gasteiger charge is 2.63. The van der Waals surface area contributed by atoms with E-state index in [2.05, 4.69) is 13.8 Å². The minimum absolute atomic E-state index is 0.0196. The van der Waals surface area contributed by atoms with Crippen LogP contribution in [0.4, 0.5) is 0 Å². The van der Waals surface area contributed by atoms with Crippen molar-refractivity contribution in [3.8, 4) is 0 Å². The zero-order valence-corrected chi connectivity index (χ0v) is 12.2. The van der Waals surface area contributed by atoms with E-state index in [9.17, 15) is 4.79 Å². The maximum atomic E-state index is 12.6. The van der Waals surface area contributed by atoms with Gasteiger partial charge in [0.05, 0.1) is 11.5 Å². The number of hydrogen-bond donors (Lipinski definition) is 0. The Bertz CT molecular complexity index is 367. The Balaban J connectivity index is 1.91. The fourth-order valence-corrected chi connectivity index (χ4v) is 6.01. The van der Waals surface area contributed by atoms with Crippen molar-refractivity contribution >= 4 is 5.97 Å². The Morgan fingerprint density at radius 3 is 2.06 bits per heavy atom. The van der Waals surface area contributed by atoms with E-state index in [1.165, 1.54) is 19.3 Å². The molecule has 4 bridgehead atoms. The van der Waals surface area contributed by atoms with Crippen molar-refractivity contribution in [2.45, 2.75) is 72.3 Å². The zero-order valence-electron chi connectivity index (χ0n) is 12.2. The number of esters is 1. The molecule has 2 nitrogen and oxygen atoms in total. The third kappa shape index (κ3) is 1.80. The van der Waals surface area contributed by atoms with Crippen LogP contribution in [0.1, 0.15) is 66.2 Å². The molecular weight excluding hydrogens is 224 g/mol. The largest absolute Gasteiger partial charge is 0.463 e. The van der Waals surface area contributed by atoms with E-state index in [4.69, 9.17) is 4.74 Å². The van der Waals surface area contributed by atoms with Gasteiger partial charge in [-0.05, 0) is 69.1 Å². The molecule has 4 aliphatic carbocycles. The Morgan fingerprint density at radius 1 is 1.06 bits per heavy atom. The summed E-state index contributed by atoms with van der Waals surface area (Å²) in [5.41, 5.74) is 0.640. The number of carbonyl (C=O) groups excluding carboxylic acids is 1. The molecule has 0 aromatic carbocycles. The van der Waals surface area contributed by atoms with Crippen LogP contribution >= 0.6 is 0 Å². The first kappa shape index (κ1) is 12.5. The summed E-state index contributed by atoms with van der Waals surface area (Å²) in [6.45, 7) is 8.71. The van der Waals surface area contributed by atoms with Gasteiger partial charge in [0.1, 0.15) is 0 Å². The Hall–Kier alpha value is -0.530. The third-order valence-corrected chi connectivity index (χ3v) is 5.40. The lowest BCUT2D eigenvalue weighted by Gasteiger charge is -2.64. The topological polar surface area (TPSA) is 26.3 Å². The van der Waals surface area contributed by atoms with Gasteiger partial charge in [-0.1, -0.05) is 13.8 Å². The van der Waals surface area contributed by atoms with Crippen LogP contribution in [0.3, 0.4) is 0 Å². The molecule has 0 spiro atoms. The molecule has 0 amide bonds. The summed E-state index contributed by atoms with van der Waals surface area (Å²) in [7, 11) is 0. The maximum absolute atomic E-state index is 12.6. The van der Waals surface area contributed by atoms with Crippen molar-refractivity contribution in [1.29, 1.82) is 0 Å². The molecule has 2 heteroatoms. The summed E-state index contributed by atoms with van der Waals surface area (Å²) >= 11 is 0. The van der Waals surface area contributed by atoms with Gasteiger partial charge in [0.25, 0.3) is 0 Å². The van der Waals surface area contributed by atoms with Gasteiger partial charge in [0.2, 0.25) is 0 Å². The van der Waals surface area contributed by atoms with E-state index in [1.54, 1.807) is 0 Å². The van der Waals surface area contributed by atoms with Crippen molar-refractivity contribution < 1.29 is 9.53 Å². The van der Waals surface area contributed by atoms with Crippen LogP contribution in [0.2, 0.25) is 0 Å². The number of carbonyl (C=O) groups is 1. The molecular formula is C16H26O2. The molecule has 2 atom stereocenters. The highest BCUT2D eigenvalue weighted by molar-refractivity contribution is 5.78. The average molecular weight is 250 g/mol. The third-order valence-electron chi connectivity index (χ3n) is 5.40. The zero-order chi connectivity index (χ0) is 13.2. The smallest absolute Gasteiger partial charge is 0.312 e. The molecule has 4 fully saturated rings. The second kappa shape index (κ2) is 3.52. The van der Waals surface area contributed by atoms with Gasteiger partial charge < -0.3 is 4.74 Å². The number of rotatable bonds is 2. The fourth-order valence-electron chi connectivity index (χ4n) is 6.01. The predicted octanol–water partition coefficient (Wildman–Crippen LogP) is 3.93. The molecule has 0 radical (unpaired) electrons. The summed E-state index contributed by atoms with van der Waals surface area (Å²) in [5.74, 6) is 0.856. The molecule has 0 N–H and O–H groups in total. The van der Waals surface area contributed by atoms with Crippen molar-refractivity contribution in [3.63, 3.8) is 0 Å². The number of ether oxygens (including phenoxy) is 1. The van der Waals surface area contributed by atoms with E-state index in [1.807, 2.05) is 13.8 Å². The first-order valence-electron chi connectivity index (χ1n) is 7.46. The van der Waals surface area contributed by atoms with Crippen LogP contribution in [0, 0.1) is 22.2 Å². The van der Waals surface area contributed by atoms with E-state index < -0.39 is 0 Å². The quantitative estimate of drug-likeness (QED) is 0.694. The van der Waals surface area contributed by atoms with E-state index in [-0.39, 0.29) is 17.5 Å². The standard InChI is InChI=1S/C16H26O2/c1-11(2)18-13(17)16-7-12-5-14(3,9-16)8-15(4,6-12)10-16/h11-12H,5-10H2,1-4H3/t12?,14-,15-,16?/m0/s1. The van der Waals surface area contributed by atoms with Crippen LogP contribution in [0.15, 0.2) is 0 Å². The molecule has 0 aliphatic heterocycles. The van der Waals surface area contributed by atoms with Gasteiger partial charge in [0, 0.05) is 0 Å². The summed E-state index contributed by atoms with van der Waals surface area (Å²) in [6, 6.07) is 0. The molecule has 0 heterocycles. The molecule has 0 aromatic rings. The summed E-state index contributed by atoms with van der Waals surface area (Å²) in [4.78, 5) is 12.6. The average Bonchev–Trinajstić information content (AvgIpc) is 2.09. The van der Waals surface area contributed by atoms with Crippen LogP contribution in [0.25, 0.3) is 0 Å². The first-order valence-corrected chi connectivity index (χ1v) is 7.46. The van der Waals surface area contributed by atoms with Crippen LogP contribution < -0.4 is 0 Å². The van der Waals surface area contributed by atoms with Gasteiger partial charge in [-0.25, -0.2) is 0 Å². The van der Waals surface area contributed by atoms with E-state index >= 15 is 0 Å². The lowest BCUT2D eigenvalue weighted by Crippen LogP contribution is -2.58. The molecule has 4 saturated carbocycles.